The van der Waals surface area contributed by atoms with E-state index in [1.807, 2.05) is 0 Å². The van der Waals surface area contributed by atoms with E-state index >= 15 is 0 Å². The topological polar surface area (TPSA) is 151 Å². The maximum atomic E-state index is 12.3. The number of benzene rings is 2. The van der Waals surface area contributed by atoms with Crippen LogP contribution in [0.15, 0.2) is 47.4 Å². The van der Waals surface area contributed by atoms with E-state index in [-0.39, 0.29) is 23.5 Å². The number of fused-ring (bicyclic) bond motifs is 1. The minimum Gasteiger partial charge on any atom is -0.486 e. The van der Waals surface area contributed by atoms with Crippen molar-refractivity contribution < 1.29 is 37.0 Å². The Kier molecular flexibility index (Phi) is 6.88. The van der Waals surface area contributed by atoms with Gasteiger partial charge in [0.25, 0.3) is 5.91 Å². The molecule has 0 saturated heterocycles. The van der Waals surface area contributed by atoms with E-state index in [0.717, 1.165) is 0 Å². The number of ether oxygens (including phenoxy) is 3. The molecule has 164 valence electrons. The lowest BCUT2D eigenvalue weighted by Gasteiger charge is -2.18. The molecule has 1 amide bonds. The number of nitrogens with one attached hydrogen (secondary N) is 1. The third-order valence-corrected chi connectivity index (χ3v) is 5.18. The lowest BCUT2D eigenvalue weighted by atomic mass is 10.1. The van der Waals surface area contributed by atoms with Gasteiger partial charge in [0.05, 0.1) is 11.3 Å². The average Bonchev–Trinajstić information content (AvgIpc) is 2.75. The minimum absolute atomic E-state index is 0.0882. The molecule has 3 N–H and O–H groups in total. The molecule has 0 atom stereocenters. The van der Waals surface area contributed by atoms with Crippen LogP contribution in [0.4, 0.5) is 5.69 Å². The van der Waals surface area contributed by atoms with Gasteiger partial charge >= 0.3 is 5.97 Å². The Bertz CT molecular complexity index is 1100. The van der Waals surface area contributed by atoms with Crippen molar-refractivity contribution in [3.8, 4) is 11.5 Å². The van der Waals surface area contributed by atoms with Crippen molar-refractivity contribution in [2.75, 3.05) is 25.1 Å². The number of nitrogens with two attached hydrogens (primary N) is 1. The van der Waals surface area contributed by atoms with Crippen molar-refractivity contribution in [2.45, 2.75) is 17.7 Å². The molecule has 0 unspecified atom stereocenters. The summed E-state index contributed by atoms with van der Waals surface area (Å²) in [4.78, 5) is 35.9. The molecule has 1 heterocycles. The highest BCUT2D eigenvalue weighted by atomic mass is 32.2. The van der Waals surface area contributed by atoms with Crippen LogP contribution in [0.25, 0.3) is 0 Å². The van der Waals surface area contributed by atoms with Gasteiger partial charge in [0.1, 0.15) is 13.2 Å². The Morgan fingerprint density at radius 2 is 1.65 bits per heavy atom. The first-order chi connectivity index (χ1) is 14.7. The van der Waals surface area contributed by atoms with Crippen molar-refractivity contribution in [3.63, 3.8) is 0 Å². The van der Waals surface area contributed by atoms with Gasteiger partial charge in [-0.15, -0.1) is 0 Å². The summed E-state index contributed by atoms with van der Waals surface area (Å²) in [6.07, 6.45) is -0.279. The fourth-order valence-corrected chi connectivity index (χ4v) is 3.24. The lowest BCUT2D eigenvalue weighted by molar-refractivity contribution is -0.147. The van der Waals surface area contributed by atoms with Gasteiger partial charge in [0.15, 0.2) is 23.9 Å². The largest absolute Gasteiger partial charge is 0.486 e. The van der Waals surface area contributed by atoms with E-state index in [2.05, 4.69) is 5.32 Å². The Hall–Kier alpha value is -3.44. The zero-order valence-electron chi connectivity index (χ0n) is 16.3. The number of sulfonamides is 1. The predicted molar refractivity (Wildman–Crippen MR) is 108 cm³/mol. The van der Waals surface area contributed by atoms with Gasteiger partial charge in [0, 0.05) is 17.7 Å². The zero-order valence-corrected chi connectivity index (χ0v) is 17.1. The molecule has 0 spiro atoms. The number of carbonyl (C=O) groups is 3. The van der Waals surface area contributed by atoms with Crippen LogP contribution in [-0.4, -0.2) is 45.9 Å². The molecule has 2 aromatic rings. The SMILES string of the molecule is NS(=O)(=O)c1ccc(NC(=O)COC(=O)CCC(=O)c2ccc3c(c2)OCCO3)cc1. The van der Waals surface area contributed by atoms with Crippen LogP contribution in [0, 0.1) is 0 Å². The van der Waals surface area contributed by atoms with E-state index in [4.69, 9.17) is 19.3 Å². The number of esters is 1. The van der Waals surface area contributed by atoms with E-state index in [0.29, 0.717) is 36.0 Å². The summed E-state index contributed by atoms with van der Waals surface area (Å²) in [6, 6.07) is 9.98. The van der Waals surface area contributed by atoms with Gasteiger partial charge in [-0.25, -0.2) is 13.6 Å². The van der Waals surface area contributed by atoms with E-state index in [1.165, 1.54) is 24.3 Å². The monoisotopic (exact) mass is 448 g/mol. The normalized spacial score (nSPS) is 12.7. The zero-order chi connectivity index (χ0) is 22.4. The maximum Gasteiger partial charge on any atom is 0.306 e. The standard InChI is InChI=1S/C20H20N2O8S/c21-31(26,27)15-4-2-14(3-5-15)22-19(24)12-30-20(25)8-6-16(23)13-1-7-17-18(11-13)29-10-9-28-17/h1-5,7,11H,6,8-10,12H2,(H,22,24)(H2,21,26,27). The van der Waals surface area contributed by atoms with Crippen molar-refractivity contribution in [1.82, 2.24) is 0 Å². The van der Waals surface area contributed by atoms with Gasteiger partial charge < -0.3 is 19.5 Å². The molecule has 31 heavy (non-hydrogen) atoms. The molecule has 10 nitrogen and oxygen atoms in total. The van der Waals surface area contributed by atoms with Crippen molar-refractivity contribution in [2.24, 2.45) is 5.14 Å². The van der Waals surface area contributed by atoms with Gasteiger partial charge in [-0.2, -0.15) is 0 Å². The molecule has 0 fully saturated rings. The van der Waals surface area contributed by atoms with Crippen molar-refractivity contribution >= 4 is 33.4 Å². The number of ketones is 1. The van der Waals surface area contributed by atoms with Gasteiger partial charge in [-0.3, -0.25) is 14.4 Å². The summed E-state index contributed by atoms with van der Waals surface area (Å²) in [5.74, 6) is -0.547. The second-order valence-corrected chi connectivity index (χ2v) is 8.12. The molecular weight excluding hydrogens is 428 g/mol. The van der Waals surface area contributed by atoms with Crippen LogP contribution < -0.4 is 19.9 Å². The fourth-order valence-electron chi connectivity index (χ4n) is 2.72. The third-order valence-electron chi connectivity index (χ3n) is 4.25. The van der Waals surface area contributed by atoms with Crippen LogP contribution in [0.3, 0.4) is 0 Å². The van der Waals surface area contributed by atoms with Crippen LogP contribution >= 0.6 is 0 Å². The summed E-state index contributed by atoms with van der Waals surface area (Å²) in [5.41, 5.74) is 0.694. The molecule has 3 rings (SSSR count). The summed E-state index contributed by atoms with van der Waals surface area (Å²) in [7, 11) is -3.83. The van der Waals surface area contributed by atoms with Crippen LogP contribution in [0.5, 0.6) is 11.5 Å². The fraction of sp³-hybridized carbons (Fsp3) is 0.250. The first-order valence-electron chi connectivity index (χ1n) is 9.23. The van der Waals surface area contributed by atoms with E-state index in [1.54, 1.807) is 18.2 Å². The maximum absolute atomic E-state index is 12.3. The Balaban J connectivity index is 1.42. The summed E-state index contributed by atoms with van der Waals surface area (Å²) < 4.78 is 38.1. The van der Waals surface area contributed by atoms with Gasteiger partial charge in [0.2, 0.25) is 10.0 Å². The van der Waals surface area contributed by atoms with Crippen LogP contribution in [-0.2, 0) is 24.3 Å². The van der Waals surface area contributed by atoms with E-state index in [9.17, 15) is 22.8 Å². The number of Topliss-reactive ketones (excluding diaryl/α,β-unsaturated/α-hetero) is 1. The molecule has 1 aliphatic heterocycles. The average molecular weight is 448 g/mol. The Morgan fingerprint density at radius 3 is 2.32 bits per heavy atom. The molecule has 0 aliphatic carbocycles. The third kappa shape index (κ3) is 6.27. The second-order valence-electron chi connectivity index (χ2n) is 6.56. The molecule has 0 aromatic heterocycles. The number of anilines is 1. The number of rotatable bonds is 8. The highest BCUT2D eigenvalue weighted by Crippen LogP contribution is 2.31. The Morgan fingerprint density at radius 1 is 0.968 bits per heavy atom. The molecule has 1 aliphatic rings. The highest BCUT2D eigenvalue weighted by Gasteiger charge is 2.17. The second kappa shape index (κ2) is 9.58. The van der Waals surface area contributed by atoms with Gasteiger partial charge in [-0.05, 0) is 42.5 Å². The first-order valence-corrected chi connectivity index (χ1v) is 10.8. The Labute approximate surface area is 178 Å². The first kappa shape index (κ1) is 22.2. The summed E-state index contributed by atoms with van der Waals surface area (Å²) >= 11 is 0. The molecule has 0 bridgehead atoms. The quantitative estimate of drug-likeness (QED) is 0.452. The smallest absolute Gasteiger partial charge is 0.306 e. The molecule has 0 radical (unpaired) electrons. The number of hydrogen-bond acceptors (Lipinski definition) is 8. The number of hydrogen-bond donors (Lipinski definition) is 2. The lowest BCUT2D eigenvalue weighted by Crippen LogP contribution is -2.21. The molecule has 11 heteroatoms. The minimum atomic E-state index is -3.83. The van der Waals surface area contributed by atoms with E-state index < -0.39 is 28.5 Å². The number of carbonyl (C=O) groups excluding carboxylic acids is 3. The van der Waals surface area contributed by atoms with Gasteiger partial charge in [-0.1, -0.05) is 0 Å². The molecule has 0 saturated carbocycles. The number of amides is 1. The van der Waals surface area contributed by atoms with Crippen molar-refractivity contribution in [1.29, 1.82) is 0 Å². The predicted octanol–water partition coefficient (Wildman–Crippen LogP) is 1.25. The van der Waals surface area contributed by atoms with Crippen LogP contribution in [0.2, 0.25) is 0 Å². The summed E-state index contributed by atoms with van der Waals surface area (Å²) in [5, 5.41) is 7.45. The molecule has 2 aromatic carbocycles. The van der Waals surface area contributed by atoms with Crippen molar-refractivity contribution in [3.05, 3.63) is 48.0 Å². The van der Waals surface area contributed by atoms with Crippen LogP contribution in [0.1, 0.15) is 23.2 Å². The highest BCUT2D eigenvalue weighted by molar-refractivity contribution is 7.89. The molecular formula is C20H20N2O8S. The summed E-state index contributed by atoms with van der Waals surface area (Å²) in [6.45, 7) is 0.296. The number of primary sulfonamides is 1.